The summed E-state index contributed by atoms with van der Waals surface area (Å²) in [5.74, 6) is -1.62. The minimum atomic E-state index is -3.77. The number of anilines is 1. The predicted molar refractivity (Wildman–Crippen MR) is 130 cm³/mol. The van der Waals surface area contributed by atoms with E-state index in [1.165, 1.54) is 16.4 Å². The van der Waals surface area contributed by atoms with Crippen molar-refractivity contribution in [2.24, 2.45) is 5.92 Å². The standard InChI is InChI=1S/C26H26FN3O4S/c27-21-11-13-23(14-12-21)35(33,34)30-17-15-20(16-18-30)25(31)29-24(19-7-3-1-4-8-19)26(32)28-22-9-5-2-6-10-22/h1-14,20,24H,15-18H2,(H,28,32)(H,29,31). The fourth-order valence-corrected chi connectivity index (χ4v) is 5.53. The van der Waals surface area contributed by atoms with Crippen molar-refractivity contribution >= 4 is 27.5 Å². The summed E-state index contributed by atoms with van der Waals surface area (Å²) in [5, 5.41) is 5.68. The van der Waals surface area contributed by atoms with Gasteiger partial charge in [-0.2, -0.15) is 4.31 Å². The monoisotopic (exact) mass is 495 g/mol. The van der Waals surface area contributed by atoms with Crippen molar-refractivity contribution < 1.29 is 22.4 Å². The van der Waals surface area contributed by atoms with Crippen LogP contribution in [-0.2, 0) is 19.6 Å². The second-order valence-electron chi connectivity index (χ2n) is 8.34. The maximum atomic E-state index is 13.2. The fraction of sp³-hybridized carbons (Fsp3) is 0.231. The van der Waals surface area contributed by atoms with Gasteiger partial charge >= 0.3 is 0 Å². The average molecular weight is 496 g/mol. The molecule has 35 heavy (non-hydrogen) atoms. The Balaban J connectivity index is 1.42. The maximum absolute atomic E-state index is 13.2. The van der Waals surface area contributed by atoms with Gasteiger partial charge in [0.15, 0.2) is 0 Å². The topological polar surface area (TPSA) is 95.6 Å². The van der Waals surface area contributed by atoms with Crippen molar-refractivity contribution in [3.8, 4) is 0 Å². The van der Waals surface area contributed by atoms with Gasteiger partial charge < -0.3 is 10.6 Å². The van der Waals surface area contributed by atoms with Crippen LogP contribution in [0.25, 0.3) is 0 Å². The van der Waals surface area contributed by atoms with E-state index >= 15 is 0 Å². The van der Waals surface area contributed by atoms with Crippen molar-refractivity contribution in [2.45, 2.75) is 23.8 Å². The summed E-state index contributed by atoms with van der Waals surface area (Å²) in [5.41, 5.74) is 1.26. The smallest absolute Gasteiger partial charge is 0.251 e. The summed E-state index contributed by atoms with van der Waals surface area (Å²) in [6.45, 7) is 0.314. The highest BCUT2D eigenvalue weighted by atomic mass is 32.2. The van der Waals surface area contributed by atoms with E-state index in [-0.39, 0.29) is 29.8 Å². The largest absolute Gasteiger partial charge is 0.340 e. The third-order valence-corrected chi connectivity index (χ3v) is 7.91. The molecule has 1 atom stereocenters. The molecule has 0 saturated carbocycles. The molecule has 2 amide bonds. The number of hydrogen-bond donors (Lipinski definition) is 2. The third kappa shape index (κ3) is 5.93. The van der Waals surface area contributed by atoms with Crippen molar-refractivity contribution in [2.75, 3.05) is 18.4 Å². The Bertz CT molecular complexity index is 1260. The first-order chi connectivity index (χ1) is 16.8. The summed E-state index contributed by atoms with van der Waals surface area (Å²) in [6.07, 6.45) is 0.627. The fourth-order valence-electron chi connectivity index (χ4n) is 4.06. The number of para-hydroxylation sites is 1. The molecule has 2 N–H and O–H groups in total. The molecule has 7 nitrogen and oxygen atoms in total. The Labute approximate surface area is 204 Å². The number of carbonyl (C=O) groups is 2. The zero-order valence-electron chi connectivity index (χ0n) is 18.9. The van der Waals surface area contributed by atoms with Crippen LogP contribution in [-0.4, -0.2) is 37.6 Å². The number of nitrogens with one attached hydrogen (secondary N) is 2. The van der Waals surface area contributed by atoms with Crippen LogP contribution in [0, 0.1) is 11.7 Å². The first kappa shape index (κ1) is 24.6. The third-order valence-electron chi connectivity index (χ3n) is 6.00. The summed E-state index contributed by atoms with van der Waals surface area (Å²) < 4.78 is 40.2. The summed E-state index contributed by atoms with van der Waals surface area (Å²) in [6, 6.07) is 21.7. The molecule has 1 saturated heterocycles. The molecule has 0 bridgehead atoms. The number of piperidine rings is 1. The number of halogens is 1. The molecule has 1 aliphatic heterocycles. The molecule has 0 spiro atoms. The number of sulfonamides is 1. The van der Waals surface area contributed by atoms with Gasteiger partial charge in [-0.1, -0.05) is 48.5 Å². The Kier molecular flexibility index (Phi) is 7.57. The van der Waals surface area contributed by atoms with Crippen LogP contribution in [0.5, 0.6) is 0 Å². The van der Waals surface area contributed by atoms with Crippen LogP contribution in [0.2, 0.25) is 0 Å². The molecular formula is C26H26FN3O4S. The van der Waals surface area contributed by atoms with Crippen LogP contribution in [0.4, 0.5) is 10.1 Å². The van der Waals surface area contributed by atoms with E-state index in [0.29, 0.717) is 24.1 Å². The quantitative estimate of drug-likeness (QED) is 0.522. The number of carbonyl (C=O) groups excluding carboxylic acids is 2. The summed E-state index contributed by atoms with van der Waals surface area (Å²) in [7, 11) is -3.77. The Morgan fingerprint density at radius 3 is 2.03 bits per heavy atom. The lowest BCUT2D eigenvalue weighted by Gasteiger charge is -2.31. The van der Waals surface area contributed by atoms with Gasteiger partial charge in [-0.25, -0.2) is 12.8 Å². The van der Waals surface area contributed by atoms with Crippen molar-refractivity contribution in [1.82, 2.24) is 9.62 Å². The van der Waals surface area contributed by atoms with Crippen LogP contribution in [0.15, 0.2) is 89.8 Å². The molecule has 0 aromatic heterocycles. The number of nitrogens with zero attached hydrogens (tertiary/aromatic N) is 1. The molecule has 9 heteroatoms. The molecule has 0 radical (unpaired) electrons. The normalized spacial score (nSPS) is 15.8. The molecule has 182 valence electrons. The van der Waals surface area contributed by atoms with Gasteiger partial charge in [0.05, 0.1) is 4.90 Å². The van der Waals surface area contributed by atoms with Gasteiger partial charge in [-0.05, 0) is 54.8 Å². The van der Waals surface area contributed by atoms with E-state index in [2.05, 4.69) is 10.6 Å². The van der Waals surface area contributed by atoms with Crippen LogP contribution in [0.3, 0.4) is 0 Å². The van der Waals surface area contributed by atoms with Crippen molar-refractivity contribution in [3.05, 3.63) is 96.3 Å². The lowest BCUT2D eigenvalue weighted by molar-refractivity contribution is -0.130. The average Bonchev–Trinajstić information content (AvgIpc) is 2.88. The number of hydrogen-bond acceptors (Lipinski definition) is 4. The molecule has 1 aliphatic rings. The second-order valence-corrected chi connectivity index (χ2v) is 10.3. The van der Waals surface area contributed by atoms with Crippen LogP contribution in [0.1, 0.15) is 24.4 Å². The Morgan fingerprint density at radius 1 is 0.857 bits per heavy atom. The van der Waals surface area contributed by atoms with E-state index in [0.717, 1.165) is 12.1 Å². The van der Waals surface area contributed by atoms with Gasteiger partial charge in [0, 0.05) is 24.7 Å². The molecular weight excluding hydrogens is 469 g/mol. The SMILES string of the molecule is O=C(NC(C(=O)Nc1ccccc1)c1ccccc1)C1CCN(S(=O)(=O)c2ccc(F)cc2)CC1. The predicted octanol–water partition coefficient (Wildman–Crippen LogP) is 3.72. The number of rotatable bonds is 7. The maximum Gasteiger partial charge on any atom is 0.251 e. The highest BCUT2D eigenvalue weighted by Gasteiger charge is 2.34. The zero-order valence-corrected chi connectivity index (χ0v) is 19.7. The van der Waals surface area contributed by atoms with E-state index in [1.54, 1.807) is 48.5 Å². The number of amides is 2. The van der Waals surface area contributed by atoms with E-state index in [1.807, 2.05) is 12.1 Å². The van der Waals surface area contributed by atoms with Gasteiger partial charge in [-0.3, -0.25) is 9.59 Å². The van der Waals surface area contributed by atoms with Crippen LogP contribution < -0.4 is 10.6 Å². The van der Waals surface area contributed by atoms with E-state index in [4.69, 9.17) is 0 Å². The molecule has 1 heterocycles. The highest BCUT2D eigenvalue weighted by Crippen LogP contribution is 2.25. The zero-order chi connectivity index (χ0) is 24.8. The van der Waals surface area contributed by atoms with Gasteiger partial charge in [0.2, 0.25) is 15.9 Å². The van der Waals surface area contributed by atoms with Gasteiger partial charge in [0.25, 0.3) is 5.91 Å². The first-order valence-electron chi connectivity index (χ1n) is 11.3. The molecule has 1 fully saturated rings. The molecule has 4 rings (SSSR count). The van der Waals surface area contributed by atoms with E-state index in [9.17, 15) is 22.4 Å². The summed E-state index contributed by atoms with van der Waals surface area (Å²) >= 11 is 0. The molecule has 3 aromatic carbocycles. The van der Waals surface area contributed by atoms with Gasteiger partial charge in [0.1, 0.15) is 11.9 Å². The Hall–Kier alpha value is -3.56. The molecule has 3 aromatic rings. The highest BCUT2D eigenvalue weighted by molar-refractivity contribution is 7.89. The minimum absolute atomic E-state index is 0.0172. The lowest BCUT2D eigenvalue weighted by atomic mass is 9.96. The van der Waals surface area contributed by atoms with Gasteiger partial charge in [-0.15, -0.1) is 0 Å². The summed E-state index contributed by atoms with van der Waals surface area (Å²) in [4.78, 5) is 26.2. The first-order valence-corrected chi connectivity index (χ1v) is 12.8. The van der Waals surface area contributed by atoms with E-state index < -0.39 is 27.8 Å². The minimum Gasteiger partial charge on any atom is -0.340 e. The van der Waals surface area contributed by atoms with Crippen molar-refractivity contribution in [3.63, 3.8) is 0 Å². The second kappa shape index (κ2) is 10.8. The van der Waals surface area contributed by atoms with Crippen molar-refractivity contribution in [1.29, 1.82) is 0 Å². The molecule has 0 aliphatic carbocycles. The lowest BCUT2D eigenvalue weighted by Crippen LogP contribution is -2.45. The van der Waals surface area contributed by atoms with Crippen LogP contribution >= 0.6 is 0 Å². The number of benzene rings is 3. The molecule has 1 unspecified atom stereocenters. The Morgan fingerprint density at radius 2 is 1.43 bits per heavy atom.